The van der Waals surface area contributed by atoms with Gasteiger partial charge in [-0.3, -0.25) is 0 Å². The van der Waals surface area contributed by atoms with Crippen LogP contribution >= 0.6 is 0 Å². The zero-order valence-corrected chi connectivity index (χ0v) is 17.5. The van der Waals surface area contributed by atoms with E-state index in [2.05, 4.69) is 47.3 Å². The number of nitrogens with zero attached hydrogens (tertiary/aromatic N) is 2. The average Bonchev–Trinajstić information content (AvgIpc) is 2.44. The summed E-state index contributed by atoms with van der Waals surface area (Å²) in [4.78, 5) is 0. The molecule has 0 fully saturated rings. The fourth-order valence-corrected chi connectivity index (χ4v) is 15.8. The fraction of sp³-hybridized carbons (Fsp3) is 1.00. The Kier molecular flexibility index (Phi) is 11.8. The van der Waals surface area contributed by atoms with Crippen molar-refractivity contribution in [3.63, 3.8) is 0 Å². The summed E-state index contributed by atoms with van der Waals surface area (Å²) < 4.78 is 17.8. The van der Waals surface area contributed by atoms with Crippen LogP contribution in [0.1, 0.15) is 54.4 Å². The van der Waals surface area contributed by atoms with Gasteiger partial charge in [-0.25, -0.2) is 0 Å². The molecule has 0 heterocycles. The van der Waals surface area contributed by atoms with Gasteiger partial charge in [-0.05, 0) is 0 Å². The Morgan fingerprint density at radius 2 is 0.947 bits per heavy atom. The van der Waals surface area contributed by atoms with E-state index in [4.69, 9.17) is 5.71 Å². The van der Waals surface area contributed by atoms with Crippen molar-refractivity contribution in [2.45, 2.75) is 54.4 Å². The Labute approximate surface area is 126 Å². The second-order valence-electron chi connectivity index (χ2n) is 4.59. The zero-order valence-electron chi connectivity index (χ0n) is 13.9. The predicted molar refractivity (Wildman–Crippen MR) is 78.3 cm³/mol. The van der Waals surface area contributed by atoms with Crippen molar-refractivity contribution in [2.24, 2.45) is 0 Å². The zero-order chi connectivity index (χ0) is 14.7. The molecule has 0 saturated carbocycles. The Morgan fingerprint density at radius 3 is 1.16 bits per heavy atom. The molecule has 0 amide bonds. The molecule has 0 aromatic rings. The Hall–Kier alpha value is 0.710. The van der Waals surface area contributed by atoms with Gasteiger partial charge in [0.25, 0.3) is 0 Å². The summed E-state index contributed by atoms with van der Waals surface area (Å²) in [6.07, 6.45) is 2.11. The van der Waals surface area contributed by atoms with E-state index in [1.807, 2.05) is 0 Å². The molecule has 0 aliphatic heterocycles. The van der Waals surface area contributed by atoms with Crippen molar-refractivity contribution < 1.29 is 27.1 Å². The maximum atomic E-state index is 6.42. The first kappa shape index (κ1) is 19.7. The van der Waals surface area contributed by atoms with E-state index in [1.54, 1.807) is 0 Å². The second-order valence-corrected chi connectivity index (χ2v) is 15.1. The molecule has 0 rings (SSSR count). The van der Waals surface area contributed by atoms with Crippen LogP contribution in [0, 0.1) is 0 Å². The summed E-state index contributed by atoms with van der Waals surface area (Å²) in [6, 6.07) is 0. The van der Waals surface area contributed by atoms with E-state index < -0.39 is 21.4 Å². The summed E-state index contributed by atoms with van der Waals surface area (Å²) in [5.74, 6) is 0. The summed E-state index contributed by atoms with van der Waals surface area (Å²) in [7, 11) is 0. The number of rotatable bonds is 12. The topological polar surface area (TPSA) is 24.9 Å². The van der Waals surface area contributed by atoms with Gasteiger partial charge in [0.1, 0.15) is 0 Å². The van der Waals surface area contributed by atoms with Gasteiger partial charge in [-0.1, -0.05) is 0 Å². The molecule has 0 saturated heterocycles. The molecule has 0 radical (unpaired) electrons. The van der Waals surface area contributed by atoms with Crippen molar-refractivity contribution in [1.82, 2.24) is 5.78 Å². The summed E-state index contributed by atoms with van der Waals surface area (Å²) in [5.41, 5.74) is 0. The molecule has 5 heteroatoms. The molecule has 0 aliphatic carbocycles. The van der Waals surface area contributed by atoms with Crippen molar-refractivity contribution >= 4 is 0 Å². The maximum absolute atomic E-state index is 6.42. The van der Waals surface area contributed by atoms with Crippen LogP contribution in [0.25, 0.3) is 0 Å². The van der Waals surface area contributed by atoms with Crippen molar-refractivity contribution in [3.05, 3.63) is 0 Å². The molecule has 116 valence electrons. The molecule has 4 nitrogen and oxygen atoms in total. The van der Waals surface area contributed by atoms with E-state index in [9.17, 15) is 0 Å². The molecule has 0 N–H and O–H groups in total. The third-order valence-electron chi connectivity index (χ3n) is 3.31. The van der Waals surface area contributed by atoms with Crippen molar-refractivity contribution in [2.75, 3.05) is 39.4 Å². The van der Waals surface area contributed by atoms with Gasteiger partial charge in [0.15, 0.2) is 0 Å². The van der Waals surface area contributed by atoms with Gasteiger partial charge in [0.2, 0.25) is 0 Å². The standard InChI is InChI=1S/2C4H10N.2C3H7O.Hf/c2*1-3-5-4-2;2*1-2-3-4;/h2*3-4H2,1-2H3;2*2-3H2,1H3;/q4*-1;+4. The van der Waals surface area contributed by atoms with Gasteiger partial charge in [0, 0.05) is 0 Å². The summed E-state index contributed by atoms with van der Waals surface area (Å²) >= 11 is -3.47. The van der Waals surface area contributed by atoms with Crippen LogP contribution in [0.15, 0.2) is 0 Å². The quantitative estimate of drug-likeness (QED) is 0.435. The van der Waals surface area contributed by atoms with Crippen LogP contribution in [0.3, 0.4) is 0 Å². The van der Waals surface area contributed by atoms with Crippen LogP contribution in [-0.4, -0.2) is 45.2 Å². The predicted octanol–water partition coefficient (Wildman–Crippen LogP) is 3.34. The van der Waals surface area contributed by atoms with Crippen LogP contribution < -0.4 is 0 Å². The van der Waals surface area contributed by atoms with Crippen LogP contribution in [0.2, 0.25) is 0 Å². The SMILES string of the molecule is CCC[O][Hf]([O]CCC)([N](CC)CC)[N](CC)CC. The van der Waals surface area contributed by atoms with Crippen molar-refractivity contribution in [3.8, 4) is 0 Å². The average molecular weight is 441 g/mol. The molecule has 0 atom stereocenters. The normalized spacial score (nSPS) is 12.6. The molecular formula is C14H34HfN2O2. The first-order valence-electron chi connectivity index (χ1n) is 7.94. The minimum absolute atomic E-state index is 0.818. The van der Waals surface area contributed by atoms with Crippen LogP contribution in [-0.2, 0) is 27.1 Å². The summed E-state index contributed by atoms with van der Waals surface area (Å²) in [5, 5.41) is 0. The van der Waals surface area contributed by atoms with Gasteiger partial charge in [-0.15, -0.1) is 0 Å². The first-order chi connectivity index (χ1) is 9.16. The van der Waals surface area contributed by atoms with E-state index in [0.29, 0.717) is 0 Å². The molecule has 0 aliphatic rings. The third kappa shape index (κ3) is 5.54. The van der Waals surface area contributed by atoms with Gasteiger partial charge >= 0.3 is 127 Å². The summed E-state index contributed by atoms with van der Waals surface area (Å²) in [6.45, 7) is 18.9. The first-order valence-corrected chi connectivity index (χ1v) is 14.1. The molecule has 0 spiro atoms. The molecular weight excluding hydrogens is 407 g/mol. The van der Waals surface area contributed by atoms with Crippen molar-refractivity contribution in [1.29, 1.82) is 0 Å². The Bertz CT molecular complexity index is 188. The van der Waals surface area contributed by atoms with E-state index >= 15 is 0 Å². The van der Waals surface area contributed by atoms with Crippen LogP contribution in [0.4, 0.5) is 0 Å². The van der Waals surface area contributed by atoms with E-state index in [0.717, 1.165) is 52.2 Å². The molecule has 19 heavy (non-hydrogen) atoms. The molecule has 0 aromatic carbocycles. The van der Waals surface area contributed by atoms with Gasteiger partial charge < -0.3 is 0 Å². The minimum atomic E-state index is -3.47. The fourth-order valence-electron chi connectivity index (χ4n) is 2.32. The van der Waals surface area contributed by atoms with Gasteiger partial charge in [0.05, 0.1) is 0 Å². The second kappa shape index (κ2) is 11.4. The third-order valence-corrected chi connectivity index (χ3v) is 17.8. The molecule has 0 unspecified atom stereocenters. The monoisotopic (exact) mass is 442 g/mol. The Morgan fingerprint density at radius 1 is 0.632 bits per heavy atom. The molecule has 0 aromatic heterocycles. The number of hydrogen-bond acceptors (Lipinski definition) is 4. The van der Waals surface area contributed by atoms with E-state index in [-0.39, 0.29) is 0 Å². The number of hydrogen-bond donors (Lipinski definition) is 0. The van der Waals surface area contributed by atoms with Gasteiger partial charge in [-0.2, -0.15) is 0 Å². The molecule has 0 bridgehead atoms. The van der Waals surface area contributed by atoms with E-state index in [1.165, 1.54) is 0 Å². The van der Waals surface area contributed by atoms with Crippen LogP contribution in [0.5, 0.6) is 0 Å². The Balaban J connectivity index is 5.26.